The topological polar surface area (TPSA) is 55.6 Å². The van der Waals surface area contributed by atoms with Gasteiger partial charge in [-0.15, -0.1) is 0 Å². The van der Waals surface area contributed by atoms with E-state index in [0.29, 0.717) is 5.95 Å². The quantitative estimate of drug-likeness (QED) is 0.840. The van der Waals surface area contributed by atoms with Crippen molar-refractivity contribution in [1.82, 2.24) is 19.7 Å². The molecule has 0 unspecified atom stereocenters. The molecule has 0 aliphatic heterocycles. The maximum atomic E-state index is 4.48. The Morgan fingerprint density at radius 3 is 2.89 bits per heavy atom. The predicted molar refractivity (Wildman–Crippen MR) is 72.9 cm³/mol. The number of anilines is 1. The molecule has 18 heavy (non-hydrogen) atoms. The van der Waals surface area contributed by atoms with Gasteiger partial charge in [0.15, 0.2) is 0 Å². The van der Waals surface area contributed by atoms with Crippen molar-refractivity contribution in [3.8, 4) is 0 Å². The van der Waals surface area contributed by atoms with E-state index in [0.717, 1.165) is 28.6 Å². The molecule has 6 heteroatoms. The summed E-state index contributed by atoms with van der Waals surface area (Å²) < 4.78 is 1.78. The minimum Gasteiger partial charge on any atom is -0.354 e. The van der Waals surface area contributed by atoms with E-state index in [1.54, 1.807) is 16.4 Å². The monoisotopic (exact) mass is 263 g/mol. The largest absolute Gasteiger partial charge is 0.354 e. The number of nitrogens with zero attached hydrogens (tertiary/aromatic N) is 4. The normalized spacial score (nSPS) is 10.6. The molecule has 0 radical (unpaired) electrons. The lowest BCUT2D eigenvalue weighted by Crippen LogP contribution is -2.05. The van der Waals surface area contributed by atoms with Gasteiger partial charge >= 0.3 is 0 Å². The highest BCUT2D eigenvalue weighted by molar-refractivity contribution is 7.99. The summed E-state index contributed by atoms with van der Waals surface area (Å²) >= 11 is 1.60. The van der Waals surface area contributed by atoms with Gasteiger partial charge in [0, 0.05) is 25.5 Å². The molecule has 0 aliphatic carbocycles. The Kier molecular flexibility index (Phi) is 4.19. The molecule has 0 fully saturated rings. The molecule has 0 aliphatic rings. The van der Waals surface area contributed by atoms with Gasteiger partial charge in [0.2, 0.25) is 5.95 Å². The van der Waals surface area contributed by atoms with Crippen LogP contribution in [0, 0.1) is 6.92 Å². The van der Waals surface area contributed by atoms with Gasteiger partial charge in [0.1, 0.15) is 5.03 Å². The van der Waals surface area contributed by atoms with Crippen LogP contribution >= 0.6 is 11.8 Å². The fourth-order valence-corrected chi connectivity index (χ4v) is 2.39. The van der Waals surface area contributed by atoms with Crippen molar-refractivity contribution in [3.05, 3.63) is 24.2 Å². The van der Waals surface area contributed by atoms with Gasteiger partial charge in [-0.1, -0.05) is 18.7 Å². The summed E-state index contributed by atoms with van der Waals surface area (Å²) in [4.78, 5) is 9.92. The molecular formula is C12H17N5S. The third-order valence-electron chi connectivity index (χ3n) is 2.27. The molecule has 2 heterocycles. The van der Waals surface area contributed by atoms with Crippen LogP contribution in [-0.2, 0) is 7.05 Å². The number of aromatic nitrogens is 4. The first-order valence-corrected chi connectivity index (χ1v) is 6.75. The molecule has 0 amide bonds. The lowest BCUT2D eigenvalue weighted by molar-refractivity contribution is 0.766. The number of hydrogen-bond donors (Lipinski definition) is 1. The smallest absolute Gasteiger partial charge is 0.223 e. The lowest BCUT2D eigenvalue weighted by Gasteiger charge is -2.06. The first-order chi connectivity index (χ1) is 8.67. The summed E-state index contributed by atoms with van der Waals surface area (Å²) in [7, 11) is 1.91. The fourth-order valence-electron chi connectivity index (χ4n) is 1.48. The Morgan fingerprint density at radius 1 is 1.39 bits per heavy atom. The van der Waals surface area contributed by atoms with Crippen molar-refractivity contribution in [2.75, 3.05) is 11.9 Å². The van der Waals surface area contributed by atoms with E-state index < -0.39 is 0 Å². The summed E-state index contributed by atoms with van der Waals surface area (Å²) in [6, 6.07) is 1.98. The van der Waals surface area contributed by atoms with Gasteiger partial charge in [-0.3, -0.25) is 4.68 Å². The average Bonchev–Trinajstić information content (AvgIpc) is 2.71. The van der Waals surface area contributed by atoms with E-state index in [9.17, 15) is 0 Å². The highest BCUT2D eigenvalue weighted by Crippen LogP contribution is 2.26. The Labute approximate surface area is 111 Å². The van der Waals surface area contributed by atoms with E-state index in [1.165, 1.54) is 0 Å². The molecule has 96 valence electrons. The molecule has 0 atom stereocenters. The molecule has 0 saturated heterocycles. The fraction of sp³-hybridized carbons (Fsp3) is 0.417. The van der Waals surface area contributed by atoms with Crippen LogP contribution in [0.1, 0.15) is 19.0 Å². The van der Waals surface area contributed by atoms with Crippen LogP contribution in [0.15, 0.2) is 28.4 Å². The van der Waals surface area contributed by atoms with Crippen molar-refractivity contribution < 1.29 is 0 Å². The maximum absolute atomic E-state index is 4.48. The minimum atomic E-state index is 0.697. The zero-order valence-corrected chi connectivity index (χ0v) is 11.7. The van der Waals surface area contributed by atoms with Gasteiger partial charge in [0.05, 0.1) is 11.1 Å². The summed E-state index contributed by atoms with van der Waals surface area (Å²) in [5, 5.41) is 8.29. The van der Waals surface area contributed by atoms with Crippen LogP contribution in [0.25, 0.3) is 0 Å². The van der Waals surface area contributed by atoms with E-state index >= 15 is 0 Å². The summed E-state index contributed by atoms with van der Waals surface area (Å²) in [6.45, 7) is 4.99. The highest BCUT2D eigenvalue weighted by Gasteiger charge is 2.05. The van der Waals surface area contributed by atoms with Crippen molar-refractivity contribution in [1.29, 1.82) is 0 Å². The van der Waals surface area contributed by atoms with E-state index in [2.05, 4.69) is 27.3 Å². The van der Waals surface area contributed by atoms with Crippen LogP contribution in [0.4, 0.5) is 5.95 Å². The number of nitrogens with one attached hydrogen (secondary N) is 1. The molecular weight excluding hydrogens is 246 g/mol. The standard InChI is InChI=1S/C12H17N5S/c1-4-5-13-12-15-9(2)6-11(16-12)18-10-7-14-17(3)8-10/h6-8H,4-5H2,1-3H3,(H,13,15,16). The Hall–Kier alpha value is -1.56. The third-order valence-corrected chi connectivity index (χ3v) is 3.13. The molecule has 2 rings (SSSR count). The van der Waals surface area contributed by atoms with E-state index in [-0.39, 0.29) is 0 Å². The van der Waals surface area contributed by atoms with Crippen LogP contribution in [-0.4, -0.2) is 26.3 Å². The lowest BCUT2D eigenvalue weighted by atomic mass is 10.4. The average molecular weight is 263 g/mol. The molecule has 2 aromatic heterocycles. The number of rotatable bonds is 5. The Bertz CT molecular complexity index is 523. The zero-order valence-electron chi connectivity index (χ0n) is 10.8. The molecule has 1 N–H and O–H groups in total. The van der Waals surface area contributed by atoms with Gasteiger partial charge in [-0.25, -0.2) is 9.97 Å². The zero-order chi connectivity index (χ0) is 13.0. The maximum Gasteiger partial charge on any atom is 0.223 e. The second-order valence-electron chi connectivity index (χ2n) is 4.05. The van der Waals surface area contributed by atoms with Gasteiger partial charge < -0.3 is 5.32 Å². The van der Waals surface area contributed by atoms with Crippen LogP contribution < -0.4 is 5.32 Å². The second kappa shape index (κ2) is 5.86. The van der Waals surface area contributed by atoms with Crippen molar-refractivity contribution >= 4 is 17.7 Å². The minimum absolute atomic E-state index is 0.697. The summed E-state index contributed by atoms with van der Waals surface area (Å²) in [5.74, 6) is 0.697. The molecule has 0 spiro atoms. The van der Waals surface area contributed by atoms with Crippen LogP contribution in [0.5, 0.6) is 0 Å². The summed E-state index contributed by atoms with van der Waals surface area (Å²) in [6.07, 6.45) is 4.87. The first kappa shape index (κ1) is 12.9. The van der Waals surface area contributed by atoms with Crippen LogP contribution in [0.3, 0.4) is 0 Å². The van der Waals surface area contributed by atoms with Gasteiger partial charge in [-0.05, 0) is 19.4 Å². The highest BCUT2D eigenvalue weighted by atomic mass is 32.2. The number of hydrogen-bond acceptors (Lipinski definition) is 5. The van der Waals surface area contributed by atoms with Crippen molar-refractivity contribution in [2.45, 2.75) is 30.2 Å². The van der Waals surface area contributed by atoms with E-state index in [1.807, 2.05) is 32.4 Å². The van der Waals surface area contributed by atoms with Crippen molar-refractivity contribution in [2.24, 2.45) is 7.05 Å². The summed E-state index contributed by atoms with van der Waals surface area (Å²) in [5.41, 5.74) is 0.968. The van der Waals surface area contributed by atoms with Gasteiger partial charge in [-0.2, -0.15) is 5.10 Å². The molecule has 0 saturated carbocycles. The van der Waals surface area contributed by atoms with E-state index in [4.69, 9.17) is 0 Å². The molecule has 5 nitrogen and oxygen atoms in total. The number of aryl methyl sites for hydroxylation is 2. The SMILES string of the molecule is CCCNc1nc(C)cc(Sc2cnn(C)c2)n1. The molecule has 2 aromatic rings. The Balaban J connectivity index is 2.14. The van der Waals surface area contributed by atoms with Gasteiger partial charge in [0.25, 0.3) is 0 Å². The Morgan fingerprint density at radius 2 is 2.22 bits per heavy atom. The van der Waals surface area contributed by atoms with Crippen LogP contribution in [0.2, 0.25) is 0 Å². The second-order valence-corrected chi connectivity index (χ2v) is 5.14. The molecule has 0 aromatic carbocycles. The van der Waals surface area contributed by atoms with Crippen molar-refractivity contribution in [3.63, 3.8) is 0 Å². The third kappa shape index (κ3) is 3.46. The first-order valence-electron chi connectivity index (χ1n) is 5.93. The predicted octanol–water partition coefficient (Wildman–Crippen LogP) is 2.49. The molecule has 0 bridgehead atoms.